The van der Waals surface area contributed by atoms with Crippen LogP contribution >= 0.6 is 0 Å². The molecule has 1 unspecified atom stereocenters. The molecule has 1 fully saturated rings. The molecule has 3 heterocycles. The van der Waals surface area contributed by atoms with Crippen molar-refractivity contribution in [3.63, 3.8) is 0 Å². The van der Waals surface area contributed by atoms with Crippen molar-refractivity contribution in [2.45, 2.75) is 45.7 Å². The van der Waals surface area contributed by atoms with Gasteiger partial charge in [-0.25, -0.2) is 16.1 Å². The van der Waals surface area contributed by atoms with Gasteiger partial charge in [0.15, 0.2) is 11.3 Å². The van der Waals surface area contributed by atoms with Gasteiger partial charge in [0.2, 0.25) is 0 Å². The molecule has 1 aromatic carbocycles. The summed E-state index contributed by atoms with van der Waals surface area (Å²) in [7, 11) is 0. The summed E-state index contributed by atoms with van der Waals surface area (Å²) in [5.74, 6) is 1.74. The molecule has 9 heteroatoms. The molecular formula is C22H26N6O3. The molecule has 31 heavy (non-hydrogen) atoms. The van der Waals surface area contributed by atoms with E-state index in [1.807, 2.05) is 32.0 Å². The van der Waals surface area contributed by atoms with Gasteiger partial charge in [-0.15, -0.1) is 5.10 Å². The molecule has 9 nitrogen and oxygen atoms in total. The van der Waals surface area contributed by atoms with Gasteiger partial charge in [-0.05, 0) is 38.5 Å². The lowest BCUT2D eigenvalue weighted by Gasteiger charge is -2.19. The summed E-state index contributed by atoms with van der Waals surface area (Å²) >= 11 is 0. The molecule has 1 aliphatic rings. The van der Waals surface area contributed by atoms with Gasteiger partial charge in [0.25, 0.3) is 5.56 Å². The van der Waals surface area contributed by atoms with E-state index in [0.717, 1.165) is 24.4 Å². The third-order valence-corrected chi connectivity index (χ3v) is 5.34. The minimum Gasteiger partial charge on any atom is -0.493 e. The minimum absolute atomic E-state index is 0.250. The number of hydrogen-bond acceptors (Lipinski definition) is 6. The first kappa shape index (κ1) is 20.9. The van der Waals surface area contributed by atoms with Crippen LogP contribution in [-0.2, 0) is 11.2 Å². The Morgan fingerprint density at radius 3 is 2.94 bits per heavy atom. The van der Waals surface area contributed by atoms with Crippen LogP contribution < -0.4 is 15.6 Å². The first-order valence-electron chi connectivity index (χ1n) is 10.5. The predicted molar refractivity (Wildman–Crippen MR) is 117 cm³/mol. The fraction of sp³-hybridized carbons (Fsp3) is 0.455. The van der Waals surface area contributed by atoms with Crippen LogP contribution in [0.4, 0.5) is 5.69 Å². The van der Waals surface area contributed by atoms with Crippen LogP contribution in [0.5, 0.6) is 5.75 Å². The van der Waals surface area contributed by atoms with Crippen LogP contribution in [0.2, 0.25) is 0 Å². The van der Waals surface area contributed by atoms with E-state index in [1.54, 1.807) is 4.52 Å². The zero-order valence-electron chi connectivity index (χ0n) is 18.0. The molecule has 0 radical (unpaired) electrons. The van der Waals surface area contributed by atoms with E-state index in [2.05, 4.69) is 27.1 Å². The molecule has 2 aromatic heterocycles. The number of benzene rings is 1. The Morgan fingerprint density at radius 2 is 2.26 bits per heavy atom. The smallest absolute Gasteiger partial charge is 0.330 e. The first-order valence-corrected chi connectivity index (χ1v) is 10.5. The SMILES string of the molecule is [C-]#[N+]C1(Nc2ccc(OCC)c(-c3nn4c(CCC)nc(C)c4c(=O)[nH]3)c2)CCOC1. The molecular weight excluding hydrogens is 396 g/mol. The number of nitrogens with zero attached hydrogens (tertiary/aromatic N) is 4. The van der Waals surface area contributed by atoms with Gasteiger partial charge in [-0.2, -0.15) is 0 Å². The Hall–Kier alpha value is -3.38. The Bertz CT molecular complexity index is 1200. The van der Waals surface area contributed by atoms with Crippen molar-refractivity contribution in [1.82, 2.24) is 19.6 Å². The molecule has 4 rings (SSSR count). The topological polar surface area (TPSA) is 97.9 Å². The van der Waals surface area contributed by atoms with Crippen LogP contribution in [0.15, 0.2) is 23.0 Å². The highest BCUT2D eigenvalue weighted by Crippen LogP contribution is 2.33. The summed E-state index contributed by atoms with van der Waals surface area (Å²) in [5, 5.41) is 8.00. The lowest BCUT2D eigenvalue weighted by atomic mass is 10.1. The second-order valence-electron chi connectivity index (χ2n) is 7.64. The van der Waals surface area contributed by atoms with E-state index in [0.29, 0.717) is 54.6 Å². The standard InChI is InChI=1S/C22H26N6O3/c1-5-7-18-24-14(3)19-21(29)25-20(27-28(18)19)16-12-15(8-9-17(16)31-6-2)26-22(23-4)10-11-30-13-22/h8-9,12,26H,5-7,10-11,13H2,1-3H3,(H,25,27,29). The number of rotatable bonds is 7. The van der Waals surface area contributed by atoms with Gasteiger partial charge >= 0.3 is 5.66 Å². The Labute approximate surface area is 180 Å². The normalized spacial score (nSPS) is 18.3. The number of anilines is 1. The molecule has 0 bridgehead atoms. The van der Waals surface area contributed by atoms with Crippen LogP contribution in [-0.4, -0.2) is 45.1 Å². The molecule has 2 N–H and O–H groups in total. The number of nitrogens with one attached hydrogen (secondary N) is 2. The van der Waals surface area contributed by atoms with E-state index in [-0.39, 0.29) is 5.56 Å². The molecule has 0 spiro atoms. The highest BCUT2D eigenvalue weighted by molar-refractivity contribution is 5.70. The lowest BCUT2D eigenvalue weighted by Crippen LogP contribution is -2.34. The largest absolute Gasteiger partial charge is 0.493 e. The minimum atomic E-state index is -0.787. The molecule has 0 amide bonds. The molecule has 1 aliphatic heterocycles. The van der Waals surface area contributed by atoms with E-state index < -0.39 is 5.66 Å². The second-order valence-corrected chi connectivity index (χ2v) is 7.64. The van der Waals surface area contributed by atoms with Crippen LogP contribution in [0, 0.1) is 13.5 Å². The fourth-order valence-electron chi connectivity index (χ4n) is 3.85. The number of fused-ring (bicyclic) bond motifs is 1. The third-order valence-electron chi connectivity index (χ3n) is 5.34. The molecule has 0 saturated carbocycles. The summed E-state index contributed by atoms with van der Waals surface area (Å²) in [6, 6.07) is 5.54. The Balaban J connectivity index is 1.84. The molecule has 1 saturated heterocycles. The summed E-state index contributed by atoms with van der Waals surface area (Å²) in [5.41, 5.74) is 1.45. The van der Waals surface area contributed by atoms with Gasteiger partial charge in [0.05, 0.1) is 30.9 Å². The monoisotopic (exact) mass is 422 g/mol. The van der Waals surface area contributed by atoms with Gasteiger partial charge in [0, 0.05) is 12.1 Å². The van der Waals surface area contributed by atoms with Crippen molar-refractivity contribution in [2.75, 3.05) is 25.1 Å². The highest BCUT2D eigenvalue weighted by atomic mass is 16.5. The number of ether oxygens (including phenoxy) is 2. The average Bonchev–Trinajstić information content (AvgIpc) is 3.35. The third kappa shape index (κ3) is 3.86. The second kappa shape index (κ2) is 8.40. The Morgan fingerprint density at radius 1 is 1.42 bits per heavy atom. The molecule has 162 valence electrons. The number of H-pyrrole nitrogens is 1. The van der Waals surface area contributed by atoms with Crippen LogP contribution in [0.25, 0.3) is 21.7 Å². The van der Waals surface area contributed by atoms with Gasteiger partial charge in [-0.1, -0.05) is 6.92 Å². The summed E-state index contributed by atoms with van der Waals surface area (Å²) < 4.78 is 12.9. The highest BCUT2D eigenvalue weighted by Gasteiger charge is 2.41. The van der Waals surface area contributed by atoms with E-state index in [9.17, 15) is 4.79 Å². The van der Waals surface area contributed by atoms with Crippen molar-refractivity contribution >= 4 is 11.2 Å². The van der Waals surface area contributed by atoms with Crippen molar-refractivity contribution < 1.29 is 9.47 Å². The van der Waals surface area contributed by atoms with Crippen molar-refractivity contribution in [2.24, 2.45) is 0 Å². The van der Waals surface area contributed by atoms with E-state index in [1.165, 1.54) is 0 Å². The van der Waals surface area contributed by atoms with Gasteiger partial charge in [0.1, 0.15) is 18.2 Å². The number of imidazole rings is 1. The lowest BCUT2D eigenvalue weighted by molar-refractivity contribution is 0.188. The van der Waals surface area contributed by atoms with Crippen LogP contribution in [0.1, 0.15) is 38.2 Å². The summed E-state index contributed by atoms with van der Waals surface area (Å²) in [6.45, 7) is 14.7. The molecule has 1 atom stereocenters. The number of aromatic nitrogens is 4. The quantitative estimate of drug-likeness (QED) is 0.568. The van der Waals surface area contributed by atoms with E-state index >= 15 is 0 Å². The number of aromatic amines is 1. The number of aryl methyl sites for hydroxylation is 2. The van der Waals surface area contributed by atoms with Crippen molar-refractivity contribution in [1.29, 1.82) is 0 Å². The van der Waals surface area contributed by atoms with Gasteiger partial charge in [-0.3, -0.25) is 9.64 Å². The average molecular weight is 422 g/mol. The van der Waals surface area contributed by atoms with Gasteiger partial charge < -0.3 is 19.8 Å². The molecule has 3 aromatic rings. The fourth-order valence-corrected chi connectivity index (χ4v) is 3.85. The number of hydrogen-bond donors (Lipinski definition) is 2. The van der Waals surface area contributed by atoms with Crippen molar-refractivity contribution in [3.8, 4) is 17.1 Å². The van der Waals surface area contributed by atoms with Crippen molar-refractivity contribution in [3.05, 3.63) is 51.5 Å². The maximum Gasteiger partial charge on any atom is 0.330 e. The maximum absolute atomic E-state index is 12.9. The Kier molecular flexibility index (Phi) is 5.65. The predicted octanol–water partition coefficient (Wildman–Crippen LogP) is 3.19. The summed E-state index contributed by atoms with van der Waals surface area (Å²) in [4.78, 5) is 24.0. The van der Waals surface area contributed by atoms with E-state index in [4.69, 9.17) is 21.1 Å². The zero-order chi connectivity index (χ0) is 22.0. The summed E-state index contributed by atoms with van der Waals surface area (Å²) in [6.07, 6.45) is 2.22. The molecule has 0 aliphatic carbocycles. The van der Waals surface area contributed by atoms with Crippen LogP contribution in [0.3, 0.4) is 0 Å². The first-order chi connectivity index (χ1) is 15.0. The maximum atomic E-state index is 12.9. The zero-order valence-corrected chi connectivity index (χ0v) is 18.0.